The van der Waals surface area contributed by atoms with Crippen molar-refractivity contribution < 1.29 is 4.79 Å². The molecule has 3 heterocycles. The van der Waals surface area contributed by atoms with E-state index in [1.54, 1.807) is 10.7 Å². The second-order valence-corrected chi connectivity index (χ2v) is 6.87. The molecule has 3 aromatic heterocycles. The molecule has 2 N–H and O–H groups in total. The molecular formula is C19H17N7O2. The zero-order valence-corrected chi connectivity index (χ0v) is 15.1. The molecule has 0 unspecified atom stereocenters. The van der Waals surface area contributed by atoms with Gasteiger partial charge in [-0.1, -0.05) is 18.2 Å². The maximum absolute atomic E-state index is 12.6. The minimum atomic E-state index is -0.324. The lowest BCUT2D eigenvalue weighted by molar-refractivity contribution is -0.117. The van der Waals surface area contributed by atoms with Crippen LogP contribution in [0.25, 0.3) is 22.7 Å². The van der Waals surface area contributed by atoms with Crippen LogP contribution in [0.5, 0.6) is 0 Å². The molecule has 0 bridgehead atoms. The lowest BCUT2D eigenvalue weighted by Gasteiger charge is -2.08. The number of rotatable bonds is 4. The third kappa shape index (κ3) is 2.77. The van der Waals surface area contributed by atoms with Gasteiger partial charge in [0, 0.05) is 12.0 Å². The smallest absolute Gasteiger partial charge is 0.263 e. The Kier molecular flexibility index (Phi) is 3.61. The van der Waals surface area contributed by atoms with E-state index in [4.69, 9.17) is 0 Å². The normalized spacial score (nSPS) is 13.8. The first-order chi connectivity index (χ1) is 13.6. The first-order valence-electron chi connectivity index (χ1n) is 9.01. The molecule has 0 radical (unpaired) electrons. The van der Waals surface area contributed by atoms with E-state index < -0.39 is 0 Å². The Balaban J connectivity index is 1.64. The molecule has 1 saturated carbocycles. The van der Waals surface area contributed by atoms with E-state index in [9.17, 15) is 9.59 Å². The van der Waals surface area contributed by atoms with Gasteiger partial charge in [0.2, 0.25) is 11.9 Å². The summed E-state index contributed by atoms with van der Waals surface area (Å²) in [6.45, 7) is 1.81. The predicted molar refractivity (Wildman–Crippen MR) is 103 cm³/mol. The highest BCUT2D eigenvalue weighted by Gasteiger charge is 2.30. The molecule has 9 nitrogen and oxygen atoms in total. The van der Waals surface area contributed by atoms with Crippen molar-refractivity contribution in [1.29, 1.82) is 0 Å². The number of amides is 1. The van der Waals surface area contributed by atoms with Crippen molar-refractivity contribution in [2.45, 2.75) is 19.8 Å². The minimum absolute atomic E-state index is 0.0427. The number of para-hydroxylation sites is 1. The SMILES string of the molecule is Cc1cc(NC(=O)C2CC2)n(-c2nc3c(cnn3-c3ccccc3)c(=O)[nH]2)n1. The molecule has 1 aliphatic carbocycles. The largest absolute Gasteiger partial charge is 0.310 e. The molecule has 140 valence electrons. The number of aromatic nitrogens is 6. The fourth-order valence-electron chi connectivity index (χ4n) is 3.09. The number of carbonyl (C=O) groups is 1. The summed E-state index contributed by atoms with van der Waals surface area (Å²) in [6, 6.07) is 11.2. The van der Waals surface area contributed by atoms with Crippen LogP contribution < -0.4 is 10.9 Å². The Morgan fingerprint density at radius 2 is 2.00 bits per heavy atom. The van der Waals surface area contributed by atoms with Gasteiger partial charge < -0.3 is 5.32 Å². The van der Waals surface area contributed by atoms with Crippen LogP contribution in [-0.2, 0) is 4.79 Å². The van der Waals surface area contributed by atoms with E-state index >= 15 is 0 Å². The van der Waals surface area contributed by atoms with Crippen molar-refractivity contribution in [1.82, 2.24) is 29.5 Å². The summed E-state index contributed by atoms with van der Waals surface area (Å²) >= 11 is 0. The number of nitrogens with one attached hydrogen (secondary N) is 2. The number of hydrogen-bond donors (Lipinski definition) is 2. The summed E-state index contributed by atoms with van der Waals surface area (Å²) in [5.41, 5.74) is 1.58. The van der Waals surface area contributed by atoms with Crippen LogP contribution in [-0.4, -0.2) is 35.4 Å². The predicted octanol–water partition coefficient (Wildman–Crippen LogP) is 1.95. The van der Waals surface area contributed by atoms with Crippen molar-refractivity contribution >= 4 is 22.8 Å². The second-order valence-electron chi connectivity index (χ2n) is 6.87. The second kappa shape index (κ2) is 6.15. The van der Waals surface area contributed by atoms with E-state index in [1.165, 1.54) is 10.9 Å². The average Bonchev–Trinajstić information content (AvgIpc) is 3.36. The highest BCUT2D eigenvalue weighted by Crippen LogP contribution is 2.30. The molecule has 28 heavy (non-hydrogen) atoms. The number of H-pyrrole nitrogens is 1. The number of aromatic amines is 1. The fourth-order valence-corrected chi connectivity index (χ4v) is 3.09. The summed E-state index contributed by atoms with van der Waals surface area (Å²) < 4.78 is 3.05. The van der Waals surface area contributed by atoms with E-state index in [0.29, 0.717) is 22.5 Å². The Morgan fingerprint density at radius 1 is 1.21 bits per heavy atom. The zero-order chi connectivity index (χ0) is 19.3. The number of nitrogens with zero attached hydrogens (tertiary/aromatic N) is 5. The standard InChI is InChI=1S/C19H17N7O2/c1-11-9-15(21-17(27)12-7-8-12)26(24-11)19-22-16-14(18(28)23-19)10-20-25(16)13-5-3-2-4-6-13/h2-6,9-10,12H,7-8H2,1H3,(H,21,27)(H,22,23,28). The Bertz CT molecular complexity index is 1250. The molecule has 1 amide bonds. The van der Waals surface area contributed by atoms with E-state index in [1.807, 2.05) is 37.3 Å². The molecule has 0 saturated heterocycles. The van der Waals surface area contributed by atoms with Gasteiger partial charge in [-0.2, -0.15) is 19.9 Å². The first kappa shape index (κ1) is 16.4. The van der Waals surface area contributed by atoms with Crippen LogP contribution >= 0.6 is 0 Å². The molecule has 1 aliphatic rings. The Hall–Kier alpha value is -3.75. The molecule has 0 spiro atoms. The van der Waals surface area contributed by atoms with Gasteiger partial charge in [-0.25, -0.2) is 4.68 Å². The monoisotopic (exact) mass is 375 g/mol. The highest BCUT2D eigenvalue weighted by atomic mass is 16.2. The Labute approximate surface area is 159 Å². The summed E-state index contributed by atoms with van der Waals surface area (Å²) in [7, 11) is 0. The lowest BCUT2D eigenvalue weighted by atomic mass is 10.3. The van der Waals surface area contributed by atoms with Crippen molar-refractivity contribution in [3.05, 3.63) is 58.6 Å². The van der Waals surface area contributed by atoms with Crippen LogP contribution in [0, 0.1) is 12.8 Å². The number of fused-ring (bicyclic) bond motifs is 1. The number of hydrogen-bond acceptors (Lipinski definition) is 5. The molecule has 0 aliphatic heterocycles. The Morgan fingerprint density at radius 3 is 2.75 bits per heavy atom. The maximum atomic E-state index is 12.6. The molecule has 0 atom stereocenters. The van der Waals surface area contributed by atoms with Crippen molar-refractivity contribution in [2.24, 2.45) is 5.92 Å². The van der Waals surface area contributed by atoms with Gasteiger partial charge in [-0.3, -0.25) is 14.6 Å². The van der Waals surface area contributed by atoms with Gasteiger partial charge in [-0.05, 0) is 31.9 Å². The molecule has 5 rings (SSSR count). The number of benzene rings is 1. The summed E-state index contributed by atoms with van der Waals surface area (Å²) in [5.74, 6) is 0.702. The minimum Gasteiger partial charge on any atom is -0.310 e. The molecule has 9 heteroatoms. The lowest BCUT2D eigenvalue weighted by Crippen LogP contribution is -2.19. The third-order valence-electron chi connectivity index (χ3n) is 4.66. The number of carbonyl (C=O) groups excluding carboxylic acids is 1. The van der Waals surface area contributed by atoms with Gasteiger partial charge in [0.25, 0.3) is 5.56 Å². The van der Waals surface area contributed by atoms with Gasteiger partial charge in [0.05, 0.1) is 17.6 Å². The third-order valence-corrected chi connectivity index (χ3v) is 4.66. The number of aryl methyl sites for hydroxylation is 1. The van der Waals surface area contributed by atoms with Crippen LogP contribution in [0.2, 0.25) is 0 Å². The van der Waals surface area contributed by atoms with E-state index in [-0.39, 0.29) is 23.3 Å². The first-order valence-corrected chi connectivity index (χ1v) is 9.01. The maximum Gasteiger partial charge on any atom is 0.263 e. The van der Waals surface area contributed by atoms with Crippen LogP contribution in [0.4, 0.5) is 5.82 Å². The van der Waals surface area contributed by atoms with Crippen molar-refractivity contribution in [3.8, 4) is 11.6 Å². The van der Waals surface area contributed by atoms with E-state index in [2.05, 4.69) is 25.5 Å². The topological polar surface area (TPSA) is 110 Å². The van der Waals surface area contributed by atoms with Gasteiger partial charge >= 0.3 is 0 Å². The molecule has 1 aromatic carbocycles. The van der Waals surface area contributed by atoms with Crippen LogP contribution in [0.1, 0.15) is 18.5 Å². The van der Waals surface area contributed by atoms with Crippen LogP contribution in [0.15, 0.2) is 47.4 Å². The summed E-state index contributed by atoms with van der Waals surface area (Å²) in [5, 5.41) is 11.9. The van der Waals surface area contributed by atoms with Crippen molar-refractivity contribution in [3.63, 3.8) is 0 Å². The van der Waals surface area contributed by atoms with Gasteiger partial charge in [-0.15, -0.1) is 0 Å². The summed E-state index contributed by atoms with van der Waals surface area (Å²) in [6.07, 6.45) is 3.29. The molecule has 4 aromatic rings. The molecular weight excluding hydrogens is 358 g/mol. The van der Waals surface area contributed by atoms with E-state index in [0.717, 1.165) is 18.5 Å². The quantitative estimate of drug-likeness (QED) is 0.566. The zero-order valence-electron chi connectivity index (χ0n) is 15.1. The van der Waals surface area contributed by atoms with Crippen molar-refractivity contribution in [2.75, 3.05) is 5.32 Å². The number of anilines is 1. The van der Waals surface area contributed by atoms with Crippen LogP contribution in [0.3, 0.4) is 0 Å². The van der Waals surface area contributed by atoms with Gasteiger partial charge in [0.15, 0.2) is 5.65 Å². The molecule has 1 fully saturated rings. The van der Waals surface area contributed by atoms with Gasteiger partial charge in [0.1, 0.15) is 11.2 Å². The highest BCUT2D eigenvalue weighted by molar-refractivity contribution is 5.93. The fraction of sp³-hybridized carbons (Fsp3) is 0.211. The summed E-state index contributed by atoms with van der Waals surface area (Å²) in [4.78, 5) is 32.1. The average molecular weight is 375 g/mol.